The van der Waals surface area contributed by atoms with Crippen molar-refractivity contribution >= 4 is 43.5 Å². The summed E-state index contributed by atoms with van der Waals surface area (Å²) in [7, 11) is -2.81. The summed E-state index contributed by atoms with van der Waals surface area (Å²) in [5.74, 6) is -0.594. The van der Waals surface area contributed by atoms with Crippen LogP contribution in [0.25, 0.3) is 0 Å². The smallest absolute Gasteiger partial charge is 0.264 e. The van der Waals surface area contributed by atoms with Crippen LogP contribution in [0.2, 0.25) is 0 Å². The molecule has 0 fully saturated rings. The molecular formula is C37H42BrN3O5S. The molecule has 47 heavy (non-hydrogen) atoms. The third-order valence-electron chi connectivity index (χ3n) is 7.50. The van der Waals surface area contributed by atoms with Gasteiger partial charge in [0.05, 0.1) is 17.7 Å². The number of anilines is 1. The van der Waals surface area contributed by atoms with E-state index in [-0.39, 0.29) is 29.5 Å². The molecule has 0 bridgehead atoms. The summed E-state index contributed by atoms with van der Waals surface area (Å²) in [6, 6.07) is 27.7. The van der Waals surface area contributed by atoms with Gasteiger partial charge < -0.3 is 15.0 Å². The topological polar surface area (TPSA) is 96.0 Å². The number of rotatable bonds is 12. The molecule has 0 radical (unpaired) electrons. The second-order valence-corrected chi connectivity index (χ2v) is 15.4. The fourth-order valence-corrected chi connectivity index (χ4v) is 7.05. The number of aryl methyl sites for hydroxylation is 2. The van der Waals surface area contributed by atoms with Crippen molar-refractivity contribution < 1.29 is 22.7 Å². The monoisotopic (exact) mass is 719 g/mol. The molecule has 0 aliphatic carbocycles. The molecule has 0 saturated carbocycles. The maximum absolute atomic E-state index is 14.7. The van der Waals surface area contributed by atoms with Crippen LogP contribution in [0.3, 0.4) is 0 Å². The van der Waals surface area contributed by atoms with E-state index in [4.69, 9.17) is 4.74 Å². The predicted octanol–water partition coefficient (Wildman–Crippen LogP) is 6.82. The molecule has 10 heteroatoms. The minimum atomic E-state index is -4.26. The Morgan fingerprint density at radius 1 is 0.851 bits per heavy atom. The number of nitrogens with zero attached hydrogens (tertiary/aromatic N) is 2. The van der Waals surface area contributed by atoms with Crippen LogP contribution in [0.1, 0.15) is 43.0 Å². The van der Waals surface area contributed by atoms with Crippen LogP contribution in [0.5, 0.6) is 5.75 Å². The van der Waals surface area contributed by atoms with Crippen molar-refractivity contribution in [1.82, 2.24) is 10.2 Å². The maximum Gasteiger partial charge on any atom is 0.264 e. The van der Waals surface area contributed by atoms with E-state index in [1.54, 1.807) is 24.3 Å². The van der Waals surface area contributed by atoms with Gasteiger partial charge in [-0.1, -0.05) is 82.2 Å². The molecule has 4 aromatic carbocycles. The summed E-state index contributed by atoms with van der Waals surface area (Å²) >= 11 is 3.51. The number of benzene rings is 4. The second-order valence-electron chi connectivity index (χ2n) is 12.6. The van der Waals surface area contributed by atoms with Crippen molar-refractivity contribution in [3.05, 3.63) is 124 Å². The summed E-state index contributed by atoms with van der Waals surface area (Å²) in [6.45, 7) is 8.85. The second kappa shape index (κ2) is 15.2. The average molecular weight is 721 g/mol. The normalized spacial score (nSPS) is 12.2. The van der Waals surface area contributed by atoms with E-state index >= 15 is 0 Å². The van der Waals surface area contributed by atoms with E-state index in [1.165, 1.54) is 24.1 Å². The first kappa shape index (κ1) is 35.7. The molecule has 8 nitrogen and oxygen atoms in total. The Kier molecular flexibility index (Phi) is 11.5. The van der Waals surface area contributed by atoms with Crippen molar-refractivity contribution in [3.63, 3.8) is 0 Å². The number of carbonyl (C=O) groups is 2. The molecule has 0 spiro atoms. The van der Waals surface area contributed by atoms with Crippen LogP contribution < -0.4 is 14.4 Å². The Hall–Kier alpha value is -4.15. The van der Waals surface area contributed by atoms with Gasteiger partial charge in [0.15, 0.2) is 0 Å². The molecule has 0 aliphatic rings. The zero-order valence-corrected chi connectivity index (χ0v) is 30.1. The molecule has 0 saturated heterocycles. The lowest BCUT2D eigenvalue weighted by Gasteiger charge is -2.35. The quantitative estimate of drug-likeness (QED) is 0.173. The summed E-state index contributed by atoms with van der Waals surface area (Å²) in [5, 5.41) is 3.05. The zero-order chi connectivity index (χ0) is 34.4. The highest BCUT2D eigenvalue weighted by Gasteiger charge is 2.36. The number of carbonyl (C=O) groups excluding carboxylic acids is 2. The number of hydrogen-bond donors (Lipinski definition) is 1. The van der Waals surface area contributed by atoms with Gasteiger partial charge in [0.2, 0.25) is 11.8 Å². The van der Waals surface area contributed by atoms with Crippen molar-refractivity contribution in [1.29, 1.82) is 0 Å². The average Bonchev–Trinajstić information content (AvgIpc) is 3.01. The lowest BCUT2D eigenvalue weighted by molar-refractivity contribution is -0.140. The van der Waals surface area contributed by atoms with Crippen LogP contribution >= 0.6 is 15.9 Å². The number of amides is 2. The molecule has 4 aromatic rings. The Labute approximate surface area is 286 Å². The number of sulfonamides is 1. The van der Waals surface area contributed by atoms with E-state index in [1.807, 2.05) is 95.3 Å². The van der Waals surface area contributed by atoms with E-state index in [9.17, 15) is 18.0 Å². The van der Waals surface area contributed by atoms with E-state index in [0.717, 1.165) is 31.0 Å². The molecule has 1 N–H and O–H groups in total. The lowest BCUT2D eigenvalue weighted by Crippen LogP contribution is -2.56. The maximum atomic E-state index is 14.7. The zero-order valence-electron chi connectivity index (χ0n) is 27.7. The molecule has 1 unspecified atom stereocenters. The highest BCUT2D eigenvalue weighted by Crippen LogP contribution is 2.34. The lowest BCUT2D eigenvalue weighted by atomic mass is 10.0. The SMILES string of the molecule is COc1ccc(C)cc1N(CC(=O)N(Cc1cccc(Br)c1)C(Cc1ccccc1)C(=O)NC(C)(C)C)S(=O)(=O)c1ccc(C)cc1. The predicted molar refractivity (Wildman–Crippen MR) is 190 cm³/mol. The standard InChI is InChI=1S/C37H42BrN3O5S/c1-26-15-18-31(19-16-26)47(44,45)41(32-21-27(2)17-20-34(32)46-6)25-35(42)40(24-29-13-10-14-30(38)22-29)33(36(43)39-37(3,4)5)23-28-11-8-7-9-12-28/h7-22,33H,23-25H2,1-6H3,(H,39,43). The first-order chi connectivity index (χ1) is 22.2. The van der Waals surface area contributed by atoms with Crippen LogP contribution in [-0.4, -0.2) is 50.4 Å². The van der Waals surface area contributed by atoms with Gasteiger partial charge in [0.25, 0.3) is 10.0 Å². The van der Waals surface area contributed by atoms with Gasteiger partial charge in [-0.15, -0.1) is 0 Å². The highest BCUT2D eigenvalue weighted by molar-refractivity contribution is 9.10. The molecular weight excluding hydrogens is 678 g/mol. The van der Waals surface area contributed by atoms with Crippen molar-refractivity contribution in [3.8, 4) is 5.75 Å². The molecule has 0 aromatic heterocycles. The largest absolute Gasteiger partial charge is 0.495 e. The number of ether oxygens (including phenoxy) is 1. The van der Waals surface area contributed by atoms with E-state index < -0.39 is 34.1 Å². The summed E-state index contributed by atoms with van der Waals surface area (Å²) < 4.78 is 36.3. The van der Waals surface area contributed by atoms with Crippen LogP contribution in [0, 0.1) is 13.8 Å². The number of hydrogen-bond acceptors (Lipinski definition) is 5. The molecule has 0 heterocycles. The Morgan fingerprint density at radius 2 is 1.49 bits per heavy atom. The number of nitrogens with one attached hydrogen (secondary N) is 1. The first-order valence-corrected chi connectivity index (χ1v) is 17.5. The fourth-order valence-electron chi connectivity index (χ4n) is 5.18. The molecule has 4 rings (SSSR count). The fraction of sp³-hybridized carbons (Fsp3) is 0.297. The van der Waals surface area contributed by atoms with Crippen LogP contribution in [0.4, 0.5) is 5.69 Å². The highest BCUT2D eigenvalue weighted by atomic mass is 79.9. The van der Waals surface area contributed by atoms with Gasteiger partial charge >= 0.3 is 0 Å². The Balaban J connectivity index is 1.87. The van der Waals surface area contributed by atoms with Gasteiger partial charge in [-0.2, -0.15) is 0 Å². The van der Waals surface area contributed by atoms with Crippen molar-refractivity contribution in [2.45, 2.75) is 64.1 Å². The van der Waals surface area contributed by atoms with Crippen LogP contribution in [-0.2, 0) is 32.6 Å². The van der Waals surface area contributed by atoms with Gasteiger partial charge in [0.1, 0.15) is 18.3 Å². The molecule has 2 amide bonds. The summed E-state index contributed by atoms with van der Waals surface area (Å²) in [5.41, 5.74) is 2.96. The van der Waals surface area contributed by atoms with E-state index in [0.29, 0.717) is 5.75 Å². The van der Waals surface area contributed by atoms with Gasteiger partial charge in [-0.3, -0.25) is 13.9 Å². The van der Waals surface area contributed by atoms with E-state index in [2.05, 4.69) is 21.2 Å². The van der Waals surface area contributed by atoms with Crippen molar-refractivity contribution in [2.24, 2.45) is 0 Å². The van der Waals surface area contributed by atoms with Gasteiger partial charge in [-0.05, 0) is 87.7 Å². The Bertz CT molecular complexity index is 1810. The minimum Gasteiger partial charge on any atom is -0.495 e. The molecule has 248 valence electrons. The van der Waals surface area contributed by atoms with Gasteiger partial charge in [-0.25, -0.2) is 8.42 Å². The number of halogens is 1. The Morgan fingerprint density at radius 3 is 2.11 bits per heavy atom. The minimum absolute atomic E-state index is 0.0318. The van der Waals surface area contributed by atoms with Crippen molar-refractivity contribution in [2.75, 3.05) is 18.0 Å². The van der Waals surface area contributed by atoms with Gasteiger partial charge in [0, 0.05) is 23.0 Å². The summed E-state index contributed by atoms with van der Waals surface area (Å²) in [4.78, 5) is 30.3. The molecule has 0 aliphatic heterocycles. The summed E-state index contributed by atoms with van der Waals surface area (Å²) in [6.07, 6.45) is 0.223. The first-order valence-electron chi connectivity index (χ1n) is 15.3. The molecule has 1 atom stereocenters. The third-order valence-corrected chi connectivity index (χ3v) is 9.77. The van der Waals surface area contributed by atoms with Crippen LogP contribution in [0.15, 0.2) is 106 Å². The number of methoxy groups -OCH3 is 1. The third kappa shape index (κ3) is 9.45.